The Kier molecular flexibility index (Phi) is 4.42. The maximum atomic E-state index is 6.21. The Bertz CT molecular complexity index is 372. The number of aromatic nitrogens is 2. The van der Waals surface area contributed by atoms with Crippen LogP contribution in [0.1, 0.15) is 31.2 Å². The van der Waals surface area contributed by atoms with Gasteiger partial charge < -0.3 is 10.1 Å². The van der Waals surface area contributed by atoms with E-state index in [1.165, 1.54) is 12.8 Å². The molecule has 0 amide bonds. The summed E-state index contributed by atoms with van der Waals surface area (Å²) in [6.45, 7) is 7.23. The summed E-state index contributed by atoms with van der Waals surface area (Å²) in [5.74, 6) is 0. The van der Waals surface area contributed by atoms with Gasteiger partial charge in [-0.3, -0.25) is 4.68 Å². The van der Waals surface area contributed by atoms with Crippen LogP contribution in [0.5, 0.6) is 0 Å². The summed E-state index contributed by atoms with van der Waals surface area (Å²) < 4.78 is 7.65. The summed E-state index contributed by atoms with van der Waals surface area (Å²) in [5.41, 5.74) is 1.87. The van der Waals surface area contributed by atoms with E-state index in [9.17, 15) is 0 Å². The fraction of sp³-hybridized carbons (Fsp3) is 0.750. The van der Waals surface area contributed by atoms with Crippen molar-refractivity contribution < 1.29 is 4.74 Å². The van der Waals surface area contributed by atoms with E-state index >= 15 is 0 Å². The summed E-state index contributed by atoms with van der Waals surface area (Å²) in [6, 6.07) is 0.507. The van der Waals surface area contributed by atoms with Gasteiger partial charge in [0.15, 0.2) is 0 Å². The minimum atomic E-state index is 0.507. The molecule has 4 nitrogen and oxygen atoms in total. The fourth-order valence-corrected chi connectivity index (χ4v) is 2.39. The molecule has 1 aromatic heterocycles. The zero-order chi connectivity index (χ0) is 12.3. The highest BCUT2D eigenvalue weighted by atomic mass is 35.5. The molecule has 2 heterocycles. The smallest absolute Gasteiger partial charge is 0.0900 e. The van der Waals surface area contributed by atoms with Gasteiger partial charge in [0.05, 0.1) is 29.6 Å². The standard InChI is InChI=1S/C12H20ClN3O/c1-3-16-11(12(13)9(2)15-16)8-17-7-10-5-4-6-14-10/h10,14H,3-8H2,1-2H3. The lowest BCUT2D eigenvalue weighted by Gasteiger charge is -2.11. The van der Waals surface area contributed by atoms with Crippen molar-refractivity contribution in [3.05, 3.63) is 16.4 Å². The van der Waals surface area contributed by atoms with Gasteiger partial charge in [0.2, 0.25) is 0 Å². The Morgan fingerprint density at radius 1 is 1.59 bits per heavy atom. The summed E-state index contributed by atoms with van der Waals surface area (Å²) in [4.78, 5) is 0. The van der Waals surface area contributed by atoms with Crippen molar-refractivity contribution in [1.82, 2.24) is 15.1 Å². The van der Waals surface area contributed by atoms with Crippen molar-refractivity contribution >= 4 is 11.6 Å². The van der Waals surface area contributed by atoms with Crippen molar-refractivity contribution in [1.29, 1.82) is 0 Å². The van der Waals surface area contributed by atoms with E-state index in [1.807, 2.05) is 11.6 Å². The first kappa shape index (κ1) is 12.9. The van der Waals surface area contributed by atoms with E-state index in [2.05, 4.69) is 17.3 Å². The molecule has 0 aliphatic carbocycles. The second kappa shape index (κ2) is 5.85. The molecule has 1 aliphatic rings. The van der Waals surface area contributed by atoms with Crippen molar-refractivity contribution in [2.75, 3.05) is 13.2 Å². The van der Waals surface area contributed by atoms with Gasteiger partial charge >= 0.3 is 0 Å². The Hall–Kier alpha value is -0.580. The number of hydrogen-bond acceptors (Lipinski definition) is 3. The van der Waals surface area contributed by atoms with Gasteiger partial charge in [0.25, 0.3) is 0 Å². The van der Waals surface area contributed by atoms with Crippen LogP contribution in [0.3, 0.4) is 0 Å². The topological polar surface area (TPSA) is 39.1 Å². The number of halogens is 1. The predicted octanol–water partition coefficient (Wildman–Crippen LogP) is 2.13. The highest BCUT2D eigenvalue weighted by Crippen LogP contribution is 2.21. The van der Waals surface area contributed by atoms with Crippen molar-refractivity contribution in [3.8, 4) is 0 Å². The molecule has 1 fully saturated rings. The van der Waals surface area contributed by atoms with Crippen LogP contribution >= 0.6 is 11.6 Å². The van der Waals surface area contributed by atoms with E-state index in [0.717, 1.165) is 36.1 Å². The molecule has 1 N–H and O–H groups in total. The predicted molar refractivity (Wildman–Crippen MR) is 68.3 cm³/mol. The Labute approximate surface area is 107 Å². The first-order valence-electron chi connectivity index (χ1n) is 6.25. The lowest BCUT2D eigenvalue weighted by molar-refractivity contribution is 0.0982. The van der Waals surface area contributed by atoms with E-state index < -0.39 is 0 Å². The molecule has 17 heavy (non-hydrogen) atoms. The summed E-state index contributed by atoms with van der Waals surface area (Å²) in [6.07, 6.45) is 2.46. The highest BCUT2D eigenvalue weighted by molar-refractivity contribution is 6.31. The number of hydrogen-bond donors (Lipinski definition) is 1. The van der Waals surface area contributed by atoms with Gasteiger partial charge in [-0.1, -0.05) is 11.6 Å². The third-order valence-electron chi connectivity index (χ3n) is 3.17. The van der Waals surface area contributed by atoms with Crippen molar-refractivity contribution in [3.63, 3.8) is 0 Å². The van der Waals surface area contributed by atoms with Crippen LogP contribution in [-0.4, -0.2) is 29.0 Å². The molecule has 1 unspecified atom stereocenters. The lowest BCUT2D eigenvalue weighted by atomic mass is 10.2. The Morgan fingerprint density at radius 3 is 3.06 bits per heavy atom. The van der Waals surface area contributed by atoms with Gasteiger partial charge in [0, 0.05) is 12.6 Å². The first-order valence-corrected chi connectivity index (χ1v) is 6.63. The molecular weight excluding hydrogens is 238 g/mol. The van der Waals surface area contributed by atoms with Crippen LogP contribution in [0, 0.1) is 6.92 Å². The first-order chi connectivity index (χ1) is 8.22. The molecule has 0 radical (unpaired) electrons. The molecule has 1 aliphatic heterocycles. The van der Waals surface area contributed by atoms with Crippen LogP contribution in [0.2, 0.25) is 5.02 Å². The van der Waals surface area contributed by atoms with Gasteiger partial charge in [-0.05, 0) is 33.2 Å². The molecule has 0 aromatic carbocycles. The maximum absolute atomic E-state index is 6.21. The zero-order valence-electron chi connectivity index (χ0n) is 10.5. The number of ether oxygens (including phenoxy) is 1. The van der Waals surface area contributed by atoms with E-state index in [1.54, 1.807) is 0 Å². The molecule has 0 bridgehead atoms. The SMILES string of the molecule is CCn1nc(C)c(Cl)c1COCC1CCCN1. The summed E-state index contributed by atoms with van der Waals surface area (Å²) >= 11 is 6.21. The molecule has 5 heteroatoms. The van der Waals surface area contributed by atoms with Gasteiger partial charge in [-0.2, -0.15) is 5.10 Å². The van der Waals surface area contributed by atoms with E-state index in [0.29, 0.717) is 12.6 Å². The Morgan fingerprint density at radius 2 is 2.41 bits per heavy atom. The molecule has 1 saturated heterocycles. The molecule has 2 rings (SSSR count). The molecule has 1 aromatic rings. The van der Waals surface area contributed by atoms with Gasteiger partial charge in [-0.15, -0.1) is 0 Å². The van der Waals surface area contributed by atoms with Crippen LogP contribution in [0.25, 0.3) is 0 Å². The third-order valence-corrected chi connectivity index (χ3v) is 3.66. The Balaban J connectivity index is 1.89. The normalized spacial score (nSPS) is 20.1. The molecule has 1 atom stereocenters. The zero-order valence-corrected chi connectivity index (χ0v) is 11.3. The number of nitrogens with zero attached hydrogens (tertiary/aromatic N) is 2. The maximum Gasteiger partial charge on any atom is 0.0900 e. The highest BCUT2D eigenvalue weighted by Gasteiger charge is 2.16. The van der Waals surface area contributed by atoms with Crippen LogP contribution in [0.4, 0.5) is 0 Å². The monoisotopic (exact) mass is 257 g/mol. The number of aryl methyl sites for hydroxylation is 2. The minimum absolute atomic E-state index is 0.507. The van der Waals surface area contributed by atoms with E-state index in [4.69, 9.17) is 16.3 Å². The minimum Gasteiger partial charge on any atom is -0.373 e. The number of rotatable bonds is 5. The summed E-state index contributed by atoms with van der Waals surface area (Å²) in [5, 5.41) is 8.52. The van der Waals surface area contributed by atoms with Crippen molar-refractivity contribution in [2.24, 2.45) is 0 Å². The third kappa shape index (κ3) is 3.00. The van der Waals surface area contributed by atoms with Crippen LogP contribution < -0.4 is 5.32 Å². The number of nitrogens with one attached hydrogen (secondary N) is 1. The quantitative estimate of drug-likeness (QED) is 0.878. The average Bonchev–Trinajstić information content (AvgIpc) is 2.92. The molecule has 0 spiro atoms. The molecule has 0 saturated carbocycles. The largest absolute Gasteiger partial charge is 0.373 e. The molecule has 96 valence electrons. The lowest BCUT2D eigenvalue weighted by Crippen LogP contribution is -2.26. The van der Waals surface area contributed by atoms with Gasteiger partial charge in [-0.25, -0.2) is 0 Å². The van der Waals surface area contributed by atoms with Crippen LogP contribution in [0.15, 0.2) is 0 Å². The second-order valence-corrected chi connectivity index (χ2v) is 4.85. The molecular formula is C12H20ClN3O. The summed E-state index contributed by atoms with van der Waals surface area (Å²) in [7, 11) is 0. The average molecular weight is 258 g/mol. The fourth-order valence-electron chi connectivity index (χ4n) is 2.20. The second-order valence-electron chi connectivity index (χ2n) is 4.47. The van der Waals surface area contributed by atoms with Gasteiger partial charge in [0.1, 0.15) is 0 Å². The van der Waals surface area contributed by atoms with Crippen molar-refractivity contribution in [2.45, 2.75) is 45.9 Å². The van der Waals surface area contributed by atoms with E-state index in [-0.39, 0.29) is 0 Å². The van der Waals surface area contributed by atoms with Crippen LogP contribution in [-0.2, 0) is 17.9 Å².